The minimum Gasteiger partial charge on any atom is -0.487 e. The number of pyridine rings is 1. The third-order valence-electron chi connectivity index (χ3n) is 6.85. The van der Waals surface area contributed by atoms with Crippen molar-refractivity contribution in [3.63, 3.8) is 0 Å². The predicted molar refractivity (Wildman–Crippen MR) is 181 cm³/mol. The average molecular weight is 660 g/mol. The Bertz CT molecular complexity index is 1890. The number of anilines is 2. The van der Waals surface area contributed by atoms with E-state index >= 15 is 0 Å². The number of nitrogens with zero attached hydrogens (tertiary/aromatic N) is 2. The first kappa shape index (κ1) is 31.7. The maximum Gasteiger partial charge on any atom is 0.265 e. The molecule has 5 rings (SSSR count). The Morgan fingerprint density at radius 2 is 1.78 bits per heavy atom. The molecule has 0 bridgehead atoms. The van der Waals surface area contributed by atoms with E-state index in [4.69, 9.17) is 27.9 Å². The molecule has 0 radical (unpaired) electrons. The van der Waals surface area contributed by atoms with Gasteiger partial charge in [0, 0.05) is 40.5 Å². The number of nitrogens with one attached hydrogen (secondary N) is 2. The molecule has 0 unspecified atom stereocenters. The predicted octanol–water partition coefficient (Wildman–Crippen LogP) is 7.54. The van der Waals surface area contributed by atoms with Crippen molar-refractivity contribution in [3.05, 3.63) is 122 Å². The highest BCUT2D eigenvalue weighted by Gasteiger charge is 2.19. The highest BCUT2D eigenvalue weighted by atomic mass is 35.5. The van der Waals surface area contributed by atoms with Gasteiger partial charge in [-0.2, -0.15) is 0 Å². The van der Waals surface area contributed by atoms with Crippen molar-refractivity contribution in [2.45, 2.75) is 13.5 Å². The van der Waals surface area contributed by atoms with Gasteiger partial charge in [0.05, 0.1) is 22.1 Å². The van der Waals surface area contributed by atoms with Crippen LogP contribution in [0.3, 0.4) is 0 Å². The van der Waals surface area contributed by atoms with Gasteiger partial charge in [0.25, 0.3) is 5.91 Å². The summed E-state index contributed by atoms with van der Waals surface area (Å²) in [6.45, 7) is 1.72. The third-order valence-corrected chi connectivity index (χ3v) is 8.49. The smallest absolute Gasteiger partial charge is 0.265 e. The average Bonchev–Trinajstić information content (AvgIpc) is 3.59. The van der Waals surface area contributed by atoms with Crippen molar-refractivity contribution >= 4 is 80.6 Å². The van der Waals surface area contributed by atoms with Crippen LogP contribution in [-0.2, 0) is 16.2 Å². The Hall–Kier alpha value is -4.70. The van der Waals surface area contributed by atoms with Crippen LogP contribution in [0.25, 0.3) is 17.0 Å². The first-order valence-electron chi connectivity index (χ1n) is 13.8. The van der Waals surface area contributed by atoms with Crippen molar-refractivity contribution < 1.29 is 19.1 Å². The molecule has 5 aromatic rings. The number of thiophene rings is 1. The van der Waals surface area contributed by atoms with Gasteiger partial charge in [0.15, 0.2) is 0 Å². The maximum atomic E-state index is 13.0. The van der Waals surface area contributed by atoms with Gasteiger partial charge in [-0.1, -0.05) is 59.6 Å². The van der Waals surface area contributed by atoms with E-state index in [2.05, 4.69) is 15.6 Å². The van der Waals surface area contributed by atoms with E-state index in [-0.39, 0.29) is 30.0 Å². The van der Waals surface area contributed by atoms with Crippen LogP contribution < -0.4 is 20.3 Å². The number of carbonyl (C=O) groups excluding carboxylic acids is 3. The SMILES string of the molecule is Cc1ccc2cccc(OCc3c(Cl)ccc(N(C)C(=O)CNC(=O)C=Cc4ccc(NC(=O)c5cccs5)cc4)c3Cl)c2n1. The maximum absolute atomic E-state index is 13.0. The Kier molecular flexibility index (Phi) is 10.1. The zero-order valence-corrected chi connectivity index (χ0v) is 26.7. The molecular formula is C34H28Cl2N4O4S. The molecule has 0 aliphatic rings. The number of rotatable bonds is 10. The Labute approximate surface area is 274 Å². The second-order valence-electron chi connectivity index (χ2n) is 9.99. The third kappa shape index (κ3) is 7.88. The monoisotopic (exact) mass is 658 g/mol. The molecule has 11 heteroatoms. The number of para-hydroxylation sites is 1. The van der Waals surface area contributed by atoms with Crippen LogP contribution in [0.15, 0.2) is 90.3 Å². The number of carbonyl (C=O) groups is 3. The van der Waals surface area contributed by atoms with Crippen molar-refractivity contribution in [3.8, 4) is 5.75 Å². The summed E-state index contributed by atoms with van der Waals surface area (Å²) in [7, 11) is 1.57. The number of aryl methyl sites for hydroxylation is 1. The van der Waals surface area contributed by atoms with Crippen LogP contribution in [-0.4, -0.2) is 36.3 Å². The van der Waals surface area contributed by atoms with Gasteiger partial charge >= 0.3 is 0 Å². The van der Waals surface area contributed by atoms with Crippen LogP contribution in [0.2, 0.25) is 10.0 Å². The van der Waals surface area contributed by atoms with Crippen LogP contribution in [0, 0.1) is 6.92 Å². The lowest BCUT2D eigenvalue weighted by Gasteiger charge is -2.21. The molecule has 0 aliphatic heterocycles. The number of aromatic nitrogens is 1. The van der Waals surface area contributed by atoms with Crippen LogP contribution in [0.1, 0.15) is 26.5 Å². The van der Waals surface area contributed by atoms with Crippen molar-refractivity contribution in [1.82, 2.24) is 10.3 Å². The largest absolute Gasteiger partial charge is 0.487 e. The highest BCUT2D eigenvalue weighted by molar-refractivity contribution is 7.12. The van der Waals surface area contributed by atoms with E-state index in [1.165, 1.54) is 22.3 Å². The van der Waals surface area contributed by atoms with E-state index in [0.717, 1.165) is 22.2 Å². The molecular weight excluding hydrogens is 631 g/mol. The van der Waals surface area contributed by atoms with Gasteiger partial charge in [0.2, 0.25) is 11.8 Å². The molecule has 2 aromatic heterocycles. The van der Waals surface area contributed by atoms with E-state index in [0.29, 0.717) is 32.6 Å². The number of hydrogen-bond donors (Lipinski definition) is 2. The quantitative estimate of drug-likeness (QED) is 0.151. The van der Waals surface area contributed by atoms with Crippen molar-refractivity contribution in [2.24, 2.45) is 0 Å². The van der Waals surface area contributed by atoms with Crippen molar-refractivity contribution in [2.75, 3.05) is 23.8 Å². The molecule has 0 spiro atoms. The number of likely N-dealkylation sites (N-methyl/N-ethyl adjacent to an activating group) is 1. The van der Waals surface area contributed by atoms with Gasteiger partial charge in [-0.25, -0.2) is 4.98 Å². The number of ether oxygens (including phenoxy) is 1. The topological polar surface area (TPSA) is 101 Å². The summed E-state index contributed by atoms with van der Waals surface area (Å²) in [6.07, 6.45) is 2.95. The fraction of sp³-hybridized carbons (Fsp3) is 0.118. The second kappa shape index (κ2) is 14.4. The van der Waals surface area contributed by atoms with Crippen LogP contribution in [0.4, 0.5) is 11.4 Å². The van der Waals surface area contributed by atoms with Gasteiger partial charge in [-0.3, -0.25) is 14.4 Å². The molecule has 0 aliphatic carbocycles. The normalized spacial score (nSPS) is 11.0. The van der Waals surface area contributed by atoms with Gasteiger partial charge in [-0.05, 0) is 66.4 Å². The molecule has 8 nitrogen and oxygen atoms in total. The summed E-state index contributed by atoms with van der Waals surface area (Å²) in [5.41, 5.74) is 3.93. The fourth-order valence-corrected chi connectivity index (χ4v) is 5.61. The van der Waals surface area contributed by atoms with Crippen LogP contribution in [0.5, 0.6) is 5.75 Å². The van der Waals surface area contributed by atoms with E-state index in [9.17, 15) is 14.4 Å². The first-order valence-corrected chi connectivity index (χ1v) is 15.5. The first-order chi connectivity index (χ1) is 21.7. The molecule has 0 atom stereocenters. The van der Waals surface area contributed by atoms with Gasteiger partial charge in [0.1, 0.15) is 17.9 Å². The van der Waals surface area contributed by atoms with Gasteiger partial charge < -0.3 is 20.3 Å². The summed E-state index contributed by atoms with van der Waals surface area (Å²) in [5, 5.41) is 8.87. The standard InChI is InChI=1S/C34H28Cl2N4O4S/c1-21-8-12-23-5-3-6-28(33(23)38-21)44-20-25-26(35)15-16-27(32(25)36)40(2)31(42)19-37-30(41)17-11-22-9-13-24(14-10-22)39-34(43)29-7-4-18-45-29/h3-18H,19-20H2,1-2H3,(H,37,41)(H,39,43). The highest BCUT2D eigenvalue weighted by Crippen LogP contribution is 2.35. The zero-order valence-electron chi connectivity index (χ0n) is 24.3. The lowest BCUT2D eigenvalue weighted by molar-refractivity contribution is -0.122. The number of fused-ring (bicyclic) bond motifs is 1. The number of hydrogen-bond acceptors (Lipinski definition) is 6. The Morgan fingerprint density at radius 1 is 0.978 bits per heavy atom. The minimum atomic E-state index is -0.443. The van der Waals surface area contributed by atoms with E-state index < -0.39 is 5.91 Å². The minimum absolute atomic E-state index is 0.0613. The number of benzene rings is 3. The van der Waals surface area contributed by atoms with E-state index in [1.54, 1.807) is 55.6 Å². The summed E-state index contributed by atoms with van der Waals surface area (Å²) >= 11 is 14.5. The van der Waals surface area contributed by atoms with E-state index in [1.807, 2.05) is 48.7 Å². The summed E-state index contributed by atoms with van der Waals surface area (Å²) in [5.74, 6) is -0.416. The van der Waals surface area contributed by atoms with Crippen molar-refractivity contribution in [1.29, 1.82) is 0 Å². The molecule has 0 saturated carbocycles. The molecule has 0 fully saturated rings. The second-order valence-corrected chi connectivity index (χ2v) is 11.7. The molecule has 3 amide bonds. The van der Waals surface area contributed by atoms with Crippen LogP contribution >= 0.6 is 34.5 Å². The molecule has 228 valence electrons. The fourth-order valence-electron chi connectivity index (χ4n) is 4.38. The lowest BCUT2D eigenvalue weighted by Crippen LogP contribution is -2.37. The zero-order chi connectivity index (χ0) is 31.9. The number of halogens is 2. The molecule has 3 aromatic carbocycles. The summed E-state index contributed by atoms with van der Waals surface area (Å²) < 4.78 is 6.08. The summed E-state index contributed by atoms with van der Waals surface area (Å²) in [6, 6.07) is 23.5. The molecule has 45 heavy (non-hydrogen) atoms. The Morgan fingerprint density at radius 3 is 2.53 bits per heavy atom. The van der Waals surface area contributed by atoms with Gasteiger partial charge in [-0.15, -0.1) is 11.3 Å². The summed E-state index contributed by atoms with van der Waals surface area (Å²) in [4.78, 5) is 44.2. The Balaban J connectivity index is 1.16. The molecule has 0 saturated heterocycles. The molecule has 2 N–H and O–H groups in total. The lowest BCUT2D eigenvalue weighted by atomic mass is 10.1. The number of amides is 3. The molecule has 2 heterocycles.